The molecule has 8 heteroatoms. The number of hydrogen-bond donors (Lipinski definition) is 2. The number of aliphatic hydroxyl groups excluding tert-OH is 1. The lowest BCUT2D eigenvalue weighted by atomic mass is 10.1. The van der Waals surface area contributed by atoms with E-state index >= 15 is 0 Å². The third-order valence-corrected chi connectivity index (χ3v) is 3.47. The van der Waals surface area contributed by atoms with Gasteiger partial charge in [0.2, 0.25) is 5.91 Å². The molecule has 0 aliphatic carbocycles. The molecule has 2 N–H and O–H groups in total. The number of aliphatic hydroxyl groups is 1. The van der Waals surface area contributed by atoms with Crippen molar-refractivity contribution in [2.45, 2.75) is 18.7 Å². The van der Waals surface area contributed by atoms with Crippen LogP contribution in [0.5, 0.6) is 0 Å². The number of alkyl halides is 3. The molecule has 1 amide bonds. The molecular formula is C17H14F5NO2. The molecule has 0 fully saturated rings. The first-order valence-electron chi connectivity index (χ1n) is 7.22. The second-order valence-corrected chi connectivity index (χ2v) is 5.36. The highest BCUT2D eigenvalue weighted by molar-refractivity contribution is 5.78. The average molecular weight is 359 g/mol. The molecule has 0 spiro atoms. The molecule has 134 valence electrons. The van der Waals surface area contributed by atoms with Crippen molar-refractivity contribution in [2.24, 2.45) is 0 Å². The minimum atomic E-state index is -4.45. The molecule has 0 aliphatic heterocycles. The molecule has 2 aromatic rings. The Bertz CT molecular complexity index is 744. The van der Waals surface area contributed by atoms with Crippen LogP contribution in [0, 0.1) is 11.6 Å². The Morgan fingerprint density at radius 3 is 2.24 bits per heavy atom. The van der Waals surface area contributed by atoms with Gasteiger partial charge in [-0.25, -0.2) is 8.78 Å². The molecule has 0 aromatic heterocycles. The molecule has 0 saturated carbocycles. The summed E-state index contributed by atoms with van der Waals surface area (Å²) in [5, 5.41) is 12.2. The average Bonchev–Trinajstić information content (AvgIpc) is 2.55. The Morgan fingerprint density at radius 1 is 1.04 bits per heavy atom. The summed E-state index contributed by atoms with van der Waals surface area (Å²) in [6.07, 6.45) is -5.87. The van der Waals surface area contributed by atoms with E-state index in [1.165, 1.54) is 18.2 Å². The summed E-state index contributed by atoms with van der Waals surface area (Å²) in [5.74, 6) is -2.70. The van der Waals surface area contributed by atoms with Crippen molar-refractivity contribution in [3.05, 3.63) is 70.8 Å². The van der Waals surface area contributed by atoms with Crippen LogP contribution in [-0.4, -0.2) is 17.6 Å². The van der Waals surface area contributed by atoms with Crippen LogP contribution in [0.15, 0.2) is 42.5 Å². The Hall–Kier alpha value is -2.48. The van der Waals surface area contributed by atoms with Gasteiger partial charge in [-0.05, 0) is 35.4 Å². The fourth-order valence-electron chi connectivity index (χ4n) is 2.11. The molecule has 0 heterocycles. The number of rotatable bonds is 5. The van der Waals surface area contributed by atoms with Gasteiger partial charge in [0.25, 0.3) is 0 Å². The van der Waals surface area contributed by atoms with Gasteiger partial charge in [0.15, 0.2) is 11.6 Å². The summed E-state index contributed by atoms with van der Waals surface area (Å²) < 4.78 is 63.3. The predicted molar refractivity (Wildman–Crippen MR) is 79.5 cm³/mol. The fraction of sp³-hybridized carbons (Fsp3) is 0.235. The first kappa shape index (κ1) is 18.9. The maximum absolute atomic E-state index is 13.1. The van der Waals surface area contributed by atoms with Gasteiger partial charge in [-0.15, -0.1) is 0 Å². The van der Waals surface area contributed by atoms with E-state index in [4.69, 9.17) is 0 Å². The van der Waals surface area contributed by atoms with Gasteiger partial charge in [0.1, 0.15) is 0 Å². The van der Waals surface area contributed by atoms with Crippen LogP contribution in [0.3, 0.4) is 0 Å². The van der Waals surface area contributed by atoms with Crippen molar-refractivity contribution in [3.63, 3.8) is 0 Å². The summed E-state index contributed by atoms with van der Waals surface area (Å²) in [6, 6.07) is 6.99. The van der Waals surface area contributed by atoms with Crippen LogP contribution in [-0.2, 0) is 17.4 Å². The molecule has 3 nitrogen and oxygen atoms in total. The molecule has 1 unspecified atom stereocenters. The minimum absolute atomic E-state index is 0.0914. The Balaban J connectivity index is 1.88. The molecule has 0 bridgehead atoms. The number of carbonyl (C=O) groups is 1. The standard InChI is InChI=1S/C17H14F5NO2/c18-13-6-3-11(8-14(13)19)15(24)9-23-16(25)7-10-1-4-12(5-2-10)17(20,21)22/h1-6,8,15,24H,7,9H2,(H,23,25). The Morgan fingerprint density at radius 2 is 1.68 bits per heavy atom. The monoisotopic (exact) mass is 359 g/mol. The van der Waals surface area contributed by atoms with E-state index in [1.54, 1.807) is 0 Å². The van der Waals surface area contributed by atoms with E-state index in [-0.39, 0.29) is 18.5 Å². The number of amides is 1. The molecular weight excluding hydrogens is 345 g/mol. The van der Waals surface area contributed by atoms with Gasteiger partial charge in [-0.1, -0.05) is 18.2 Å². The number of benzene rings is 2. The topological polar surface area (TPSA) is 49.3 Å². The van der Waals surface area contributed by atoms with Crippen molar-refractivity contribution in [1.29, 1.82) is 0 Å². The molecule has 0 saturated heterocycles. The third kappa shape index (κ3) is 5.25. The van der Waals surface area contributed by atoms with Gasteiger partial charge >= 0.3 is 6.18 Å². The molecule has 1 atom stereocenters. The SMILES string of the molecule is O=C(Cc1ccc(C(F)(F)F)cc1)NCC(O)c1ccc(F)c(F)c1. The van der Waals surface area contributed by atoms with E-state index in [1.807, 2.05) is 0 Å². The van der Waals surface area contributed by atoms with Crippen LogP contribution in [0.2, 0.25) is 0 Å². The lowest BCUT2D eigenvalue weighted by Crippen LogP contribution is -2.29. The third-order valence-electron chi connectivity index (χ3n) is 3.47. The van der Waals surface area contributed by atoms with Gasteiger partial charge in [-0.2, -0.15) is 13.2 Å². The highest BCUT2D eigenvalue weighted by atomic mass is 19.4. The second-order valence-electron chi connectivity index (χ2n) is 5.36. The zero-order valence-corrected chi connectivity index (χ0v) is 12.8. The second kappa shape index (κ2) is 7.60. The van der Waals surface area contributed by atoms with Crippen LogP contribution in [0.1, 0.15) is 22.8 Å². The van der Waals surface area contributed by atoms with Crippen LogP contribution in [0.25, 0.3) is 0 Å². The number of hydrogen-bond acceptors (Lipinski definition) is 2. The molecule has 2 rings (SSSR count). The van der Waals surface area contributed by atoms with Crippen LogP contribution >= 0.6 is 0 Å². The summed E-state index contributed by atoms with van der Waals surface area (Å²) in [7, 11) is 0. The lowest BCUT2D eigenvalue weighted by molar-refractivity contribution is -0.137. The molecule has 0 aliphatic rings. The summed E-state index contributed by atoms with van der Waals surface area (Å²) in [6.45, 7) is -0.245. The number of nitrogens with one attached hydrogen (secondary N) is 1. The molecule has 2 aromatic carbocycles. The molecule has 0 radical (unpaired) electrons. The predicted octanol–water partition coefficient (Wildman–Crippen LogP) is 3.38. The summed E-state index contributed by atoms with van der Waals surface area (Å²) in [4.78, 5) is 11.8. The first-order valence-corrected chi connectivity index (χ1v) is 7.22. The quantitative estimate of drug-likeness (QED) is 0.805. The normalized spacial score (nSPS) is 12.7. The smallest absolute Gasteiger partial charge is 0.387 e. The highest BCUT2D eigenvalue weighted by Gasteiger charge is 2.29. The van der Waals surface area contributed by atoms with Crippen LogP contribution in [0.4, 0.5) is 22.0 Å². The highest BCUT2D eigenvalue weighted by Crippen LogP contribution is 2.29. The Labute approximate surface area is 140 Å². The lowest BCUT2D eigenvalue weighted by Gasteiger charge is -2.13. The van der Waals surface area contributed by atoms with E-state index in [0.29, 0.717) is 5.56 Å². The van der Waals surface area contributed by atoms with E-state index in [0.717, 1.165) is 24.3 Å². The zero-order chi connectivity index (χ0) is 18.6. The number of halogens is 5. The Kier molecular flexibility index (Phi) is 5.73. The minimum Gasteiger partial charge on any atom is -0.387 e. The summed E-state index contributed by atoms with van der Waals surface area (Å²) >= 11 is 0. The van der Waals surface area contributed by atoms with E-state index in [2.05, 4.69) is 5.32 Å². The van der Waals surface area contributed by atoms with E-state index < -0.39 is 35.4 Å². The van der Waals surface area contributed by atoms with Crippen molar-refractivity contribution in [1.82, 2.24) is 5.32 Å². The molecule has 25 heavy (non-hydrogen) atoms. The first-order chi connectivity index (χ1) is 11.7. The van der Waals surface area contributed by atoms with Gasteiger partial charge < -0.3 is 10.4 Å². The van der Waals surface area contributed by atoms with Crippen molar-refractivity contribution in [3.8, 4) is 0 Å². The largest absolute Gasteiger partial charge is 0.416 e. The van der Waals surface area contributed by atoms with Gasteiger partial charge in [0, 0.05) is 6.54 Å². The number of carbonyl (C=O) groups excluding carboxylic acids is 1. The van der Waals surface area contributed by atoms with E-state index in [9.17, 15) is 31.9 Å². The van der Waals surface area contributed by atoms with Gasteiger partial charge in [0.05, 0.1) is 18.1 Å². The van der Waals surface area contributed by atoms with Crippen molar-refractivity contribution in [2.75, 3.05) is 6.54 Å². The maximum atomic E-state index is 13.1. The zero-order valence-electron chi connectivity index (χ0n) is 12.8. The van der Waals surface area contributed by atoms with Crippen LogP contribution < -0.4 is 5.32 Å². The van der Waals surface area contributed by atoms with Crippen molar-refractivity contribution < 1.29 is 31.9 Å². The summed E-state index contributed by atoms with van der Waals surface area (Å²) in [5.41, 5.74) is -0.355. The maximum Gasteiger partial charge on any atom is 0.416 e. The van der Waals surface area contributed by atoms with Crippen molar-refractivity contribution >= 4 is 5.91 Å². The van der Waals surface area contributed by atoms with Gasteiger partial charge in [-0.3, -0.25) is 4.79 Å². The fourth-order valence-corrected chi connectivity index (χ4v) is 2.11.